The Balaban J connectivity index is 1.01. The van der Waals surface area contributed by atoms with Gasteiger partial charge in [0.1, 0.15) is 11.2 Å². The van der Waals surface area contributed by atoms with Crippen LogP contribution in [-0.2, 0) is 15.9 Å². The van der Waals surface area contributed by atoms with E-state index in [2.05, 4.69) is 256 Å². The van der Waals surface area contributed by atoms with Crippen molar-refractivity contribution in [2.45, 2.75) is 11.2 Å². The van der Waals surface area contributed by atoms with Crippen molar-refractivity contribution in [1.82, 2.24) is 9.13 Å². The maximum atomic E-state index is 12.9. The second-order valence-electron chi connectivity index (χ2n) is 23.8. The number of hydrogen-bond donors (Lipinski definition) is 0. The van der Waals surface area contributed by atoms with Gasteiger partial charge < -0.3 is 33.1 Å². The zero-order valence-corrected chi connectivity index (χ0v) is 48.5. The third kappa shape index (κ3) is 6.19. The number of anilines is 6. The highest BCUT2D eigenvalue weighted by Gasteiger charge is 2.66. The van der Waals surface area contributed by atoms with E-state index in [9.17, 15) is 11.8 Å². The summed E-state index contributed by atoms with van der Waals surface area (Å²) in [5.41, 5.74) is 16.4. The molecule has 0 radical (unpaired) electrons. The van der Waals surface area contributed by atoms with Crippen LogP contribution in [0.5, 0.6) is 23.0 Å². The molecule has 0 N–H and O–H groups in total. The lowest BCUT2D eigenvalue weighted by Crippen LogP contribution is -2.34. The van der Waals surface area contributed by atoms with Crippen LogP contribution in [0, 0.1) is 17.9 Å². The highest BCUT2D eigenvalue weighted by Crippen LogP contribution is 2.74. The van der Waals surface area contributed by atoms with Gasteiger partial charge in [0.05, 0.1) is 85.2 Å². The zero-order chi connectivity index (χ0) is 59.8. The maximum Gasteiger partial charge on any atom is 0.230 e. The molecule has 5 heterocycles. The maximum absolute atomic E-state index is 12.9. The molecule has 2 aromatic heterocycles. The molecule has 2 aliphatic carbocycles. The van der Waals surface area contributed by atoms with Gasteiger partial charge in [-0.3, -0.25) is 0 Å². The van der Waals surface area contributed by atoms with Crippen molar-refractivity contribution >= 4 is 83.4 Å². The molecule has 0 unspecified atom stereocenters. The molecule has 0 fully saturated rings. The van der Waals surface area contributed by atoms with E-state index in [4.69, 9.17) is 19.1 Å². The molecule has 20 rings (SSSR count). The van der Waals surface area contributed by atoms with Crippen LogP contribution in [0.4, 0.5) is 39.8 Å². The Bertz CT molecular complexity index is 5380. The Morgan fingerprint density at radius 2 is 0.736 bits per heavy atom. The minimum absolute atomic E-state index is 0.152. The van der Waals surface area contributed by atoms with Crippen molar-refractivity contribution in [1.29, 1.82) is 5.26 Å². The van der Waals surface area contributed by atoms with Crippen molar-refractivity contribution in [2.75, 3.05) is 9.80 Å². The van der Waals surface area contributed by atoms with Crippen LogP contribution in [0.15, 0.2) is 279 Å². The van der Waals surface area contributed by atoms with E-state index in [0.717, 1.165) is 111 Å². The SMILES string of the molecule is [C-]#[N+]c1c(C#N)c(N2c3ccccc3Oc3c2ccc2c3c3ccccc3n2-c2ccccc2)c2c(c1N1c3ccccc3Oc3c1ccc1c3c3ccccc3n1-c1ccccc1)C1(OC23c2ccccc2-c2ccccc23)c2ccccc2-c2ccccc21. The van der Waals surface area contributed by atoms with Gasteiger partial charge in [-0.1, -0.05) is 194 Å². The molecule has 5 aliphatic rings. The van der Waals surface area contributed by atoms with E-state index in [0.29, 0.717) is 57.1 Å². The summed E-state index contributed by atoms with van der Waals surface area (Å²) in [5, 5.41) is 16.7. The van der Waals surface area contributed by atoms with Crippen molar-refractivity contribution < 1.29 is 14.2 Å². The Kier molecular flexibility index (Phi) is 9.88. The van der Waals surface area contributed by atoms with E-state index in [1.165, 1.54) is 0 Å². The van der Waals surface area contributed by atoms with Gasteiger partial charge in [0, 0.05) is 55.5 Å². The summed E-state index contributed by atoms with van der Waals surface area (Å²) in [6, 6.07) is 99.8. The standard InChI is InChI=1S/C82H46N6O3/c1-84-76-57(48-83)77(87-64-40-20-22-42-70(64)89-79-68(87)46-44-66-72(79)55-32-12-18-38-62(55)85(66)49-24-4-2-5-25-49)74-75(82(60-36-16-10-30-53(60)54-31-11-17-37-61(54)82)91-81(74)58-34-14-8-28-51(58)52-29-9-15-35-59(52)81)78(76)88-65-41-21-23-43-71(65)90-80-69(88)47-45-67-73(80)56-33-13-19-39-63(56)86(67)50-26-6-3-7-27-50/h2-47H. The van der Waals surface area contributed by atoms with Crippen LogP contribution >= 0.6 is 0 Å². The average molecular weight is 1160 g/mol. The lowest BCUT2D eigenvalue weighted by Gasteiger charge is -2.40. The van der Waals surface area contributed by atoms with E-state index in [1.54, 1.807) is 0 Å². The number of benzene rings is 13. The molecule has 2 spiro atoms. The molecule has 91 heavy (non-hydrogen) atoms. The fraction of sp³-hybridized carbons (Fsp3) is 0.0244. The molecule has 15 aromatic rings. The topological polar surface area (TPSA) is 72.2 Å². The fourth-order valence-electron chi connectivity index (χ4n) is 16.3. The van der Waals surface area contributed by atoms with Crippen LogP contribution in [0.2, 0.25) is 0 Å². The molecular formula is C82H46N6O3. The van der Waals surface area contributed by atoms with Crippen LogP contribution in [0.3, 0.4) is 0 Å². The van der Waals surface area contributed by atoms with E-state index >= 15 is 0 Å². The number of ether oxygens (including phenoxy) is 3. The normalized spacial score (nSPS) is 14.4. The number of fused-ring (bicyclic) bond motifs is 25. The van der Waals surface area contributed by atoms with Crippen LogP contribution in [-0.4, -0.2) is 9.13 Å². The molecule has 13 aromatic carbocycles. The first-order valence-electron chi connectivity index (χ1n) is 30.6. The van der Waals surface area contributed by atoms with Crippen LogP contribution < -0.4 is 19.3 Å². The second-order valence-corrected chi connectivity index (χ2v) is 23.8. The molecule has 0 atom stereocenters. The van der Waals surface area contributed by atoms with Gasteiger partial charge in [0.2, 0.25) is 5.69 Å². The van der Waals surface area contributed by atoms with Crippen molar-refractivity contribution in [3.63, 3.8) is 0 Å². The van der Waals surface area contributed by atoms with Gasteiger partial charge >= 0.3 is 0 Å². The molecular weight excluding hydrogens is 1120 g/mol. The summed E-state index contributed by atoms with van der Waals surface area (Å²) in [6.45, 7) is 10.0. The summed E-state index contributed by atoms with van der Waals surface area (Å²) < 4.78 is 28.3. The third-order valence-corrected chi connectivity index (χ3v) is 19.6. The summed E-state index contributed by atoms with van der Waals surface area (Å²) >= 11 is 0. The number of para-hydroxylation sites is 8. The molecule has 0 bridgehead atoms. The minimum Gasteiger partial charge on any atom is -0.452 e. The molecule has 0 saturated heterocycles. The number of hydrogen-bond acceptors (Lipinski definition) is 6. The Hall–Kier alpha value is -12.4. The van der Waals surface area contributed by atoms with Gasteiger partial charge in [-0.2, -0.15) is 5.26 Å². The Labute approximate surface area is 522 Å². The second kappa shape index (κ2) is 18.1. The molecule has 0 amide bonds. The Morgan fingerprint density at radius 3 is 1.18 bits per heavy atom. The third-order valence-electron chi connectivity index (χ3n) is 19.6. The monoisotopic (exact) mass is 1160 g/mol. The first kappa shape index (κ1) is 49.7. The zero-order valence-electron chi connectivity index (χ0n) is 48.5. The molecule has 0 saturated carbocycles. The lowest BCUT2D eigenvalue weighted by molar-refractivity contribution is -0.0483. The smallest absolute Gasteiger partial charge is 0.230 e. The average Bonchev–Trinajstić information content (AvgIpc) is 1.48. The number of rotatable bonds is 4. The van der Waals surface area contributed by atoms with E-state index in [1.807, 2.05) is 48.5 Å². The highest BCUT2D eigenvalue weighted by molar-refractivity contribution is 6.18. The van der Waals surface area contributed by atoms with Crippen molar-refractivity contribution in [3.8, 4) is 62.7 Å². The number of nitrogens with zero attached hydrogens (tertiary/aromatic N) is 6. The van der Waals surface area contributed by atoms with Gasteiger partial charge in [-0.25, -0.2) is 4.85 Å². The quantitative estimate of drug-likeness (QED) is 0.164. The molecule has 3 aliphatic heterocycles. The number of nitriles is 1. The van der Waals surface area contributed by atoms with Gasteiger partial charge in [-0.15, -0.1) is 0 Å². The molecule has 422 valence electrons. The minimum atomic E-state index is -1.47. The van der Waals surface area contributed by atoms with Crippen molar-refractivity contribution in [3.05, 3.63) is 329 Å². The first-order chi connectivity index (χ1) is 45.1. The van der Waals surface area contributed by atoms with E-state index < -0.39 is 11.2 Å². The highest BCUT2D eigenvalue weighted by atomic mass is 16.5. The fourth-order valence-corrected chi connectivity index (χ4v) is 16.3. The Morgan fingerprint density at radius 1 is 0.363 bits per heavy atom. The first-order valence-corrected chi connectivity index (χ1v) is 30.6. The summed E-state index contributed by atoms with van der Waals surface area (Å²) in [5.74, 6) is 2.42. The van der Waals surface area contributed by atoms with Gasteiger partial charge in [0.15, 0.2) is 23.0 Å². The predicted octanol–water partition coefficient (Wildman–Crippen LogP) is 21.0. The summed E-state index contributed by atoms with van der Waals surface area (Å²) in [7, 11) is 0. The van der Waals surface area contributed by atoms with Gasteiger partial charge in [-0.05, 0) is 107 Å². The van der Waals surface area contributed by atoms with Crippen LogP contribution in [0.1, 0.15) is 38.9 Å². The predicted molar refractivity (Wildman–Crippen MR) is 360 cm³/mol. The summed E-state index contributed by atoms with van der Waals surface area (Å²) in [6.07, 6.45) is 0. The number of aromatic nitrogens is 2. The van der Waals surface area contributed by atoms with Crippen LogP contribution in [0.25, 0.3) is 82.1 Å². The largest absolute Gasteiger partial charge is 0.452 e. The summed E-state index contributed by atoms with van der Waals surface area (Å²) in [4.78, 5) is 9.23. The van der Waals surface area contributed by atoms with Gasteiger partial charge in [0.25, 0.3) is 0 Å². The molecule has 9 nitrogen and oxygen atoms in total. The lowest BCUT2D eigenvalue weighted by atomic mass is 9.75. The van der Waals surface area contributed by atoms with Crippen molar-refractivity contribution in [2.24, 2.45) is 0 Å². The van der Waals surface area contributed by atoms with E-state index in [-0.39, 0.29) is 11.3 Å². The molecule has 9 heteroatoms.